The van der Waals surface area contributed by atoms with Crippen molar-refractivity contribution in [1.29, 1.82) is 5.26 Å². The summed E-state index contributed by atoms with van der Waals surface area (Å²) >= 11 is 0. The molecule has 3 heterocycles. The normalized spacial score (nSPS) is 15.5. The highest BCUT2D eigenvalue weighted by Crippen LogP contribution is 2.33. The van der Waals surface area contributed by atoms with Crippen LogP contribution in [0.4, 0.5) is 5.82 Å². The van der Waals surface area contributed by atoms with Crippen molar-refractivity contribution in [3.8, 4) is 6.07 Å². The molecule has 2 aromatic heterocycles. The van der Waals surface area contributed by atoms with Crippen molar-refractivity contribution >= 4 is 22.6 Å². The van der Waals surface area contributed by atoms with Gasteiger partial charge in [0.2, 0.25) is 5.91 Å². The average Bonchev–Trinajstić information content (AvgIpc) is 3.12. The predicted molar refractivity (Wildman–Crippen MR) is 104 cm³/mol. The Bertz CT molecular complexity index is 981. The molecule has 0 saturated carbocycles. The van der Waals surface area contributed by atoms with E-state index in [2.05, 4.69) is 32.5 Å². The number of anilines is 1. The van der Waals surface area contributed by atoms with Gasteiger partial charge in [0.1, 0.15) is 5.82 Å². The molecule has 3 aromatic rings. The van der Waals surface area contributed by atoms with Gasteiger partial charge in [-0.25, -0.2) is 4.98 Å². The molecule has 136 valence electrons. The number of benzene rings is 1. The fourth-order valence-corrected chi connectivity index (χ4v) is 3.77. The highest BCUT2D eigenvalue weighted by molar-refractivity contribution is 5.91. The number of carbonyl (C=O) groups is 1. The number of pyridine rings is 1. The third-order valence-electron chi connectivity index (χ3n) is 5.17. The summed E-state index contributed by atoms with van der Waals surface area (Å²) in [7, 11) is 0. The number of H-pyrrole nitrogens is 1. The monoisotopic (exact) mass is 359 g/mol. The van der Waals surface area contributed by atoms with Crippen LogP contribution in [0.25, 0.3) is 10.9 Å². The molecule has 4 rings (SSSR count). The molecule has 0 spiro atoms. The van der Waals surface area contributed by atoms with E-state index in [0.29, 0.717) is 23.8 Å². The van der Waals surface area contributed by atoms with Crippen LogP contribution in [-0.2, 0) is 4.79 Å². The molecule has 1 aliphatic rings. The first-order chi connectivity index (χ1) is 13.2. The Balaban J connectivity index is 1.36. The third kappa shape index (κ3) is 3.83. The van der Waals surface area contributed by atoms with Gasteiger partial charge in [-0.05, 0) is 67.7 Å². The van der Waals surface area contributed by atoms with E-state index in [9.17, 15) is 4.79 Å². The molecular weight excluding hydrogens is 338 g/mol. The van der Waals surface area contributed by atoms with E-state index in [4.69, 9.17) is 5.26 Å². The number of aromatic amines is 1. The topological polar surface area (TPSA) is 84.8 Å². The van der Waals surface area contributed by atoms with Gasteiger partial charge in [-0.1, -0.05) is 6.07 Å². The predicted octanol–water partition coefficient (Wildman–Crippen LogP) is 3.25. The van der Waals surface area contributed by atoms with Crippen molar-refractivity contribution in [2.24, 2.45) is 0 Å². The molecule has 6 nitrogen and oxygen atoms in total. The number of hydrogen-bond donors (Lipinski definition) is 2. The Kier molecular flexibility index (Phi) is 4.86. The van der Waals surface area contributed by atoms with E-state index in [1.165, 1.54) is 5.56 Å². The molecule has 27 heavy (non-hydrogen) atoms. The van der Waals surface area contributed by atoms with E-state index < -0.39 is 0 Å². The van der Waals surface area contributed by atoms with Gasteiger partial charge in [-0.2, -0.15) is 5.26 Å². The van der Waals surface area contributed by atoms with Crippen molar-refractivity contribution in [2.75, 3.05) is 25.0 Å². The van der Waals surface area contributed by atoms with Gasteiger partial charge in [0, 0.05) is 23.3 Å². The fraction of sp³-hybridized carbons (Fsp3) is 0.286. The van der Waals surface area contributed by atoms with E-state index in [0.717, 1.165) is 36.8 Å². The largest absolute Gasteiger partial charge is 0.361 e. The number of amides is 1. The van der Waals surface area contributed by atoms with Crippen LogP contribution in [0.2, 0.25) is 0 Å². The Morgan fingerprint density at radius 1 is 1.30 bits per heavy atom. The molecule has 0 radical (unpaired) electrons. The van der Waals surface area contributed by atoms with E-state index in [1.54, 1.807) is 12.3 Å². The van der Waals surface area contributed by atoms with Gasteiger partial charge in [0.15, 0.2) is 0 Å². The highest BCUT2D eigenvalue weighted by atomic mass is 16.2. The van der Waals surface area contributed by atoms with E-state index in [1.807, 2.05) is 30.3 Å². The SMILES string of the molecule is N#Cc1ccc2[nH]cc(C3CCN(CC(=O)Nc4ccccn4)CC3)c2c1. The number of fused-ring (bicyclic) bond motifs is 1. The zero-order chi connectivity index (χ0) is 18.6. The second-order valence-electron chi connectivity index (χ2n) is 6.93. The van der Waals surface area contributed by atoms with Gasteiger partial charge in [-0.15, -0.1) is 0 Å². The molecule has 1 saturated heterocycles. The minimum Gasteiger partial charge on any atom is -0.361 e. The summed E-state index contributed by atoms with van der Waals surface area (Å²) in [6.45, 7) is 2.14. The lowest BCUT2D eigenvalue weighted by atomic mass is 9.89. The molecule has 0 aliphatic carbocycles. The van der Waals surface area contributed by atoms with Crippen molar-refractivity contribution < 1.29 is 4.79 Å². The quantitative estimate of drug-likeness (QED) is 0.749. The van der Waals surface area contributed by atoms with Crippen LogP contribution in [0.1, 0.15) is 29.9 Å². The van der Waals surface area contributed by atoms with Gasteiger partial charge in [0.25, 0.3) is 0 Å². The molecule has 0 unspecified atom stereocenters. The summed E-state index contributed by atoms with van der Waals surface area (Å²) in [5, 5.41) is 13.1. The number of rotatable bonds is 4. The van der Waals surface area contributed by atoms with E-state index in [-0.39, 0.29) is 5.91 Å². The zero-order valence-electron chi connectivity index (χ0n) is 15.0. The van der Waals surface area contributed by atoms with E-state index >= 15 is 0 Å². The number of piperidine rings is 1. The van der Waals surface area contributed by atoms with Crippen molar-refractivity contribution in [2.45, 2.75) is 18.8 Å². The molecule has 1 fully saturated rings. The molecule has 1 amide bonds. The van der Waals surface area contributed by atoms with Crippen molar-refractivity contribution in [3.63, 3.8) is 0 Å². The molecule has 1 aliphatic heterocycles. The van der Waals surface area contributed by atoms with Gasteiger partial charge in [-0.3, -0.25) is 9.69 Å². The summed E-state index contributed by atoms with van der Waals surface area (Å²) in [5.41, 5.74) is 3.04. The summed E-state index contributed by atoms with van der Waals surface area (Å²) in [4.78, 5) is 21.8. The van der Waals surface area contributed by atoms with Crippen molar-refractivity contribution in [1.82, 2.24) is 14.9 Å². The first-order valence-corrected chi connectivity index (χ1v) is 9.17. The Hall–Kier alpha value is -3.17. The molecular formula is C21H21N5O. The summed E-state index contributed by atoms with van der Waals surface area (Å²) in [5.74, 6) is 1.00. The molecule has 1 aromatic carbocycles. The molecule has 2 N–H and O–H groups in total. The lowest BCUT2D eigenvalue weighted by molar-refractivity contribution is -0.117. The zero-order valence-corrected chi connectivity index (χ0v) is 15.0. The number of carbonyl (C=O) groups excluding carboxylic acids is 1. The van der Waals surface area contributed by atoms with Crippen molar-refractivity contribution in [3.05, 3.63) is 59.9 Å². The minimum atomic E-state index is -0.0297. The number of nitrogens with one attached hydrogen (secondary N) is 2. The smallest absolute Gasteiger partial charge is 0.239 e. The Labute approximate surface area is 157 Å². The third-order valence-corrected chi connectivity index (χ3v) is 5.17. The van der Waals surface area contributed by atoms with Crippen LogP contribution in [0.15, 0.2) is 48.8 Å². The van der Waals surface area contributed by atoms with Crippen LogP contribution in [0.3, 0.4) is 0 Å². The lowest BCUT2D eigenvalue weighted by Gasteiger charge is -2.31. The Morgan fingerprint density at radius 2 is 2.15 bits per heavy atom. The van der Waals surface area contributed by atoms with Gasteiger partial charge >= 0.3 is 0 Å². The number of nitriles is 1. The maximum atomic E-state index is 12.2. The maximum absolute atomic E-state index is 12.2. The average molecular weight is 359 g/mol. The van der Waals surface area contributed by atoms with Crippen LogP contribution < -0.4 is 5.32 Å². The Morgan fingerprint density at radius 3 is 2.89 bits per heavy atom. The fourth-order valence-electron chi connectivity index (χ4n) is 3.77. The molecule has 6 heteroatoms. The lowest BCUT2D eigenvalue weighted by Crippen LogP contribution is -2.38. The molecule has 0 bridgehead atoms. The first-order valence-electron chi connectivity index (χ1n) is 9.17. The summed E-state index contributed by atoms with van der Waals surface area (Å²) < 4.78 is 0. The molecule has 0 atom stereocenters. The number of hydrogen-bond acceptors (Lipinski definition) is 4. The first kappa shape index (κ1) is 17.3. The minimum absolute atomic E-state index is 0.0297. The van der Waals surface area contributed by atoms with Crippen LogP contribution in [0.5, 0.6) is 0 Å². The maximum Gasteiger partial charge on any atom is 0.239 e. The summed E-state index contributed by atoms with van der Waals surface area (Å²) in [6, 6.07) is 13.5. The number of nitrogens with zero attached hydrogens (tertiary/aromatic N) is 3. The van der Waals surface area contributed by atoms with Crippen LogP contribution >= 0.6 is 0 Å². The van der Waals surface area contributed by atoms with Crippen LogP contribution in [-0.4, -0.2) is 40.4 Å². The number of likely N-dealkylation sites (tertiary alicyclic amines) is 1. The van der Waals surface area contributed by atoms with Gasteiger partial charge < -0.3 is 10.3 Å². The van der Waals surface area contributed by atoms with Crippen LogP contribution in [0, 0.1) is 11.3 Å². The standard InChI is InChI=1S/C21H21N5O/c22-12-15-4-5-19-17(11-15)18(13-24-19)16-6-9-26(10-7-16)14-21(27)25-20-3-1-2-8-23-20/h1-5,8,11,13,16,24H,6-7,9-10,14H2,(H,23,25,27). The van der Waals surface area contributed by atoms with Gasteiger partial charge in [0.05, 0.1) is 18.2 Å². The second-order valence-corrected chi connectivity index (χ2v) is 6.93. The highest BCUT2D eigenvalue weighted by Gasteiger charge is 2.24. The summed E-state index contributed by atoms with van der Waals surface area (Å²) in [6.07, 6.45) is 5.74. The number of aromatic nitrogens is 2. The second kappa shape index (κ2) is 7.60.